The van der Waals surface area contributed by atoms with Crippen LogP contribution in [0.3, 0.4) is 0 Å². The Kier molecular flexibility index (Phi) is 3.24. The quantitative estimate of drug-likeness (QED) is 0.640. The summed E-state index contributed by atoms with van der Waals surface area (Å²) < 4.78 is 24.1. The highest BCUT2D eigenvalue weighted by atomic mass is 32.2. The number of primary amides is 1. The molecule has 0 atom stereocenters. The number of thioether (sulfide) groups is 1. The third kappa shape index (κ3) is 3.76. The molecule has 0 unspecified atom stereocenters. The predicted octanol–water partition coefficient (Wildman–Crippen LogP) is -0.118. The predicted molar refractivity (Wildman–Crippen MR) is 34.2 cm³/mol. The Labute approximate surface area is 64.7 Å². The number of nitrogens with two attached hydrogens (primary N) is 1. The van der Waals surface area contributed by atoms with E-state index in [9.17, 15) is 18.4 Å². The standard InChI is InChI=1S/C4H5F2NO3S/c5-4(6,3(9)10)11-1-2(7)8/h1H2,(H2,7,8)(H,9,10). The van der Waals surface area contributed by atoms with E-state index in [4.69, 9.17) is 5.11 Å². The lowest BCUT2D eigenvalue weighted by Crippen LogP contribution is -2.27. The largest absolute Gasteiger partial charge is 0.476 e. The van der Waals surface area contributed by atoms with E-state index in [1.807, 2.05) is 0 Å². The normalized spacial score (nSPS) is 11.1. The van der Waals surface area contributed by atoms with Gasteiger partial charge in [0, 0.05) is 0 Å². The summed E-state index contributed by atoms with van der Waals surface area (Å²) in [6.07, 6.45) is 0. The second-order valence-corrected chi connectivity index (χ2v) is 2.67. The van der Waals surface area contributed by atoms with Gasteiger partial charge in [-0.25, -0.2) is 4.79 Å². The summed E-state index contributed by atoms with van der Waals surface area (Å²) in [6, 6.07) is 0. The number of carbonyl (C=O) groups is 2. The van der Waals surface area contributed by atoms with E-state index in [2.05, 4.69) is 5.73 Å². The molecule has 64 valence electrons. The topological polar surface area (TPSA) is 80.4 Å². The molecule has 4 nitrogen and oxygen atoms in total. The molecule has 11 heavy (non-hydrogen) atoms. The van der Waals surface area contributed by atoms with Gasteiger partial charge in [0.1, 0.15) is 0 Å². The summed E-state index contributed by atoms with van der Waals surface area (Å²) in [6.45, 7) is 0. The molecule has 0 radical (unpaired) electrons. The fourth-order valence-corrected chi connectivity index (χ4v) is 0.671. The van der Waals surface area contributed by atoms with Crippen molar-refractivity contribution in [2.45, 2.75) is 5.25 Å². The first-order valence-electron chi connectivity index (χ1n) is 2.39. The van der Waals surface area contributed by atoms with Crippen LogP contribution in [-0.2, 0) is 9.59 Å². The minimum Gasteiger partial charge on any atom is -0.476 e. The molecule has 0 aliphatic heterocycles. The fraction of sp³-hybridized carbons (Fsp3) is 0.500. The highest BCUT2D eigenvalue weighted by Crippen LogP contribution is 2.28. The number of hydrogen-bond acceptors (Lipinski definition) is 3. The van der Waals surface area contributed by atoms with Crippen LogP contribution >= 0.6 is 11.8 Å². The first-order valence-corrected chi connectivity index (χ1v) is 3.38. The SMILES string of the molecule is NC(=O)CSC(F)(F)C(=O)O. The van der Waals surface area contributed by atoms with Crippen LogP contribution in [0.2, 0.25) is 0 Å². The highest BCUT2D eigenvalue weighted by Gasteiger charge is 2.39. The molecular weight excluding hydrogens is 180 g/mol. The molecule has 0 fully saturated rings. The number of carbonyl (C=O) groups excluding carboxylic acids is 1. The number of halogens is 2. The molecule has 0 spiro atoms. The zero-order chi connectivity index (χ0) is 9.07. The van der Waals surface area contributed by atoms with Gasteiger partial charge < -0.3 is 10.8 Å². The Morgan fingerprint density at radius 2 is 2.00 bits per heavy atom. The van der Waals surface area contributed by atoms with Crippen molar-refractivity contribution in [1.82, 2.24) is 0 Å². The first-order chi connectivity index (χ1) is 4.86. The average Bonchev–Trinajstić information content (AvgIpc) is 1.84. The van der Waals surface area contributed by atoms with Crippen molar-refractivity contribution in [1.29, 1.82) is 0 Å². The molecule has 0 aromatic rings. The molecule has 0 saturated carbocycles. The fourth-order valence-electron chi connectivity index (χ4n) is 0.224. The van der Waals surface area contributed by atoms with Crippen LogP contribution in [0, 0.1) is 0 Å². The molecule has 7 heteroatoms. The number of amides is 1. The van der Waals surface area contributed by atoms with Gasteiger partial charge >= 0.3 is 11.2 Å². The molecule has 3 N–H and O–H groups in total. The molecule has 0 aromatic carbocycles. The summed E-state index contributed by atoms with van der Waals surface area (Å²) >= 11 is -0.313. The lowest BCUT2D eigenvalue weighted by atomic mass is 10.7. The summed E-state index contributed by atoms with van der Waals surface area (Å²) in [7, 11) is 0. The molecule has 0 saturated heterocycles. The van der Waals surface area contributed by atoms with E-state index in [0.717, 1.165) is 0 Å². The van der Waals surface area contributed by atoms with Gasteiger partial charge in [-0.3, -0.25) is 4.79 Å². The Hall–Kier alpha value is -0.850. The number of hydrogen-bond donors (Lipinski definition) is 2. The highest BCUT2D eigenvalue weighted by molar-refractivity contribution is 8.01. The van der Waals surface area contributed by atoms with Crippen LogP contribution in [-0.4, -0.2) is 28.0 Å². The van der Waals surface area contributed by atoms with E-state index < -0.39 is 22.9 Å². The molecule has 0 rings (SSSR count). The van der Waals surface area contributed by atoms with E-state index in [0.29, 0.717) is 0 Å². The van der Waals surface area contributed by atoms with E-state index >= 15 is 0 Å². The second kappa shape index (κ2) is 3.51. The van der Waals surface area contributed by atoms with Crippen LogP contribution in [0.5, 0.6) is 0 Å². The Morgan fingerprint density at radius 1 is 1.55 bits per heavy atom. The van der Waals surface area contributed by atoms with Gasteiger partial charge in [-0.15, -0.1) is 0 Å². The van der Waals surface area contributed by atoms with Gasteiger partial charge in [0.25, 0.3) is 0 Å². The third-order valence-electron chi connectivity index (χ3n) is 0.645. The van der Waals surface area contributed by atoms with E-state index in [1.54, 1.807) is 0 Å². The average molecular weight is 185 g/mol. The number of carboxylic acids is 1. The van der Waals surface area contributed by atoms with Crippen molar-refractivity contribution in [3.05, 3.63) is 0 Å². The molecule has 0 aliphatic carbocycles. The maximum absolute atomic E-state index is 12.1. The molecule has 0 heterocycles. The van der Waals surface area contributed by atoms with Gasteiger partial charge in [-0.2, -0.15) is 8.78 Å². The van der Waals surface area contributed by atoms with Crippen molar-refractivity contribution in [3.8, 4) is 0 Å². The molecule has 0 aromatic heterocycles. The first kappa shape index (κ1) is 10.2. The van der Waals surface area contributed by atoms with Crippen molar-refractivity contribution in [3.63, 3.8) is 0 Å². The van der Waals surface area contributed by atoms with Gasteiger partial charge in [0.2, 0.25) is 5.91 Å². The van der Waals surface area contributed by atoms with Crippen molar-refractivity contribution < 1.29 is 23.5 Å². The minimum absolute atomic E-state index is 0.313. The van der Waals surface area contributed by atoms with Gasteiger partial charge in [0.15, 0.2) is 0 Å². The Morgan fingerprint density at radius 3 is 2.27 bits per heavy atom. The van der Waals surface area contributed by atoms with Crippen molar-refractivity contribution in [2.24, 2.45) is 5.73 Å². The van der Waals surface area contributed by atoms with Crippen molar-refractivity contribution >= 4 is 23.6 Å². The van der Waals surface area contributed by atoms with Crippen LogP contribution in [0.4, 0.5) is 8.78 Å². The van der Waals surface area contributed by atoms with Crippen LogP contribution < -0.4 is 5.73 Å². The Bertz CT molecular complexity index is 184. The maximum Gasteiger partial charge on any atom is 0.389 e. The van der Waals surface area contributed by atoms with Gasteiger partial charge in [-0.05, 0) is 0 Å². The molecule has 0 aliphatic rings. The molecule has 1 amide bonds. The zero-order valence-corrected chi connectivity index (χ0v) is 6.03. The number of aliphatic carboxylic acids is 1. The smallest absolute Gasteiger partial charge is 0.389 e. The maximum atomic E-state index is 12.1. The monoisotopic (exact) mass is 185 g/mol. The third-order valence-corrected chi connectivity index (χ3v) is 1.61. The summed E-state index contributed by atoms with van der Waals surface area (Å²) in [4.78, 5) is 19.7. The van der Waals surface area contributed by atoms with Crippen LogP contribution in [0.15, 0.2) is 0 Å². The molecule has 0 bridgehead atoms. The van der Waals surface area contributed by atoms with Crippen LogP contribution in [0.1, 0.15) is 0 Å². The lowest BCUT2D eigenvalue weighted by molar-refractivity contribution is -0.152. The van der Waals surface area contributed by atoms with E-state index in [1.165, 1.54) is 0 Å². The lowest BCUT2D eigenvalue weighted by Gasteiger charge is -2.07. The van der Waals surface area contributed by atoms with Crippen molar-refractivity contribution in [2.75, 3.05) is 5.75 Å². The number of alkyl halides is 2. The van der Waals surface area contributed by atoms with Gasteiger partial charge in [0.05, 0.1) is 5.75 Å². The molecular formula is C4H5F2NO3S. The summed E-state index contributed by atoms with van der Waals surface area (Å²) in [5.41, 5.74) is 4.51. The summed E-state index contributed by atoms with van der Waals surface area (Å²) in [5, 5.41) is 3.90. The number of carboxylic acid groups (broad SMARTS) is 1. The zero-order valence-electron chi connectivity index (χ0n) is 5.21. The van der Waals surface area contributed by atoms with Gasteiger partial charge in [-0.1, -0.05) is 11.8 Å². The van der Waals surface area contributed by atoms with E-state index in [-0.39, 0.29) is 11.8 Å². The second-order valence-electron chi connectivity index (χ2n) is 1.58. The van der Waals surface area contributed by atoms with Crippen LogP contribution in [0.25, 0.3) is 0 Å². The summed E-state index contributed by atoms with van der Waals surface area (Å²) in [5.74, 6) is -3.96. The minimum atomic E-state index is -3.94. The Balaban J connectivity index is 3.92. The number of rotatable bonds is 4.